The smallest absolute Gasteiger partial charge is 0.265 e. The molecule has 2 heterocycles. The molecule has 5 nitrogen and oxygen atoms in total. The van der Waals surface area contributed by atoms with Crippen molar-refractivity contribution in [3.05, 3.63) is 32.5 Å². The average Bonchev–Trinajstić information content (AvgIpc) is 3.11. The minimum absolute atomic E-state index is 0.148. The van der Waals surface area contributed by atoms with E-state index in [4.69, 9.17) is 5.11 Å². The lowest BCUT2D eigenvalue weighted by Gasteiger charge is -2.04. The van der Waals surface area contributed by atoms with Crippen LogP contribution in [0, 0.1) is 11.8 Å². The second kappa shape index (κ2) is 7.31. The summed E-state index contributed by atoms with van der Waals surface area (Å²) < 4.78 is 3.85. The van der Waals surface area contributed by atoms with Crippen LogP contribution < -0.4 is 5.32 Å². The van der Waals surface area contributed by atoms with E-state index in [0.717, 1.165) is 27.0 Å². The molecule has 0 aliphatic heterocycles. The molecular formula is C14H15N3O2S2. The molecule has 0 fully saturated rings. The largest absolute Gasteiger partial charge is 0.384 e. The highest BCUT2D eigenvalue weighted by atomic mass is 32.1. The highest BCUT2D eigenvalue weighted by Gasteiger charge is 2.18. The first-order valence-electron chi connectivity index (χ1n) is 6.40. The van der Waals surface area contributed by atoms with Crippen LogP contribution in [0.2, 0.25) is 0 Å². The number of amides is 1. The van der Waals surface area contributed by atoms with E-state index < -0.39 is 0 Å². The highest BCUT2D eigenvalue weighted by Crippen LogP contribution is 2.20. The summed E-state index contributed by atoms with van der Waals surface area (Å²) in [6.07, 6.45) is 0. The Kier molecular flexibility index (Phi) is 5.44. The third-order valence-corrected chi connectivity index (χ3v) is 4.38. The van der Waals surface area contributed by atoms with Gasteiger partial charge in [0.25, 0.3) is 5.91 Å². The lowest BCUT2D eigenvalue weighted by atomic mass is 10.1. The van der Waals surface area contributed by atoms with Crippen LogP contribution in [0.4, 0.5) is 0 Å². The molecular weight excluding hydrogens is 306 g/mol. The Labute approximate surface area is 131 Å². The van der Waals surface area contributed by atoms with Crippen molar-refractivity contribution in [3.63, 3.8) is 0 Å². The molecule has 0 unspecified atom stereocenters. The van der Waals surface area contributed by atoms with E-state index in [2.05, 4.69) is 26.7 Å². The van der Waals surface area contributed by atoms with Gasteiger partial charge < -0.3 is 10.4 Å². The van der Waals surface area contributed by atoms with Crippen LogP contribution in [0.3, 0.4) is 0 Å². The Morgan fingerprint density at radius 3 is 3.00 bits per heavy atom. The van der Waals surface area contributed by atoms with Crippen LogP contribution >= 0.6 is 22.9 Å². The first kappa shape index (κ1) is 15.6. The number of nitrogens with zero attached hydrogens (tertiary/aromatic N) is 2. The van der Waals surface area contributed by atoms with Gasteiger partial charge in [0.15, 0.2) is 0 Å². The van der Waals surface area contributed by atoms with Crippen molar-refractivity contribution < 1.29 is 9.90 Å². The third kappa shape index (κ3) is 4.11. The number of hydrogen-bond donors (Lipinski definition) is 2. The lowest BCUT2D eigenvalue weighted by Crippen LogP contribution is -2.22. The summed E-state index contributed by atoms with van der Waals surface area (Å²) in [7, 11) is 0. The van der Waals surface area contributed by atoms with E-state index in [-0.39, 0.29) is 18.4 Å². The maximum Gasteiger partial charge on any atom is 0.265 e. The molecule has 1 amide bonds. The van der Waals surface area contributed by atoms with E-state index in [1.807, 2.05) is 26.0 Å². The third-order valence-electron chi connectivity index (χ3n) is 2.64. The quantitative estimate of drug-likeness (QED) is 0.845. The number of nitrogens with one attached hydrogen (secondary N) is 1. The second-order valence-corrected chi connectivity index (χ2v) is 6.47. The first-order chi connectivity index (χ1) is 10.1. The molecule has 0 aliphatic rings. The molecule has 2 N–H and O–H groups in total. The molecule has 2 aromatic heterocycles. The van der Waals surface area contributed by atoms with Gasteiger partial charge in [-0.1, -0.05) is 30.2 Å². The van der Waals surface area contributed by atoms with E-state index in [9.17, 15) is 4.79 Å². The second-order valence-electron chi connectivity index (χ2n) is 4.55. The zero-order chi connectivity index (χ0) is 15.2. The number of rotatable bonds is 4. The molecule has 21 heavy (non-hydrogen) atoms. The van der Waals surface area contributed by atoms with Gasteiger partial charge in [-0.25, -0.2) is 0 Å². The molecule has 2 rings (SSSR count). The van der Waals surface area contributed by atoms with Crippen LogP contribution in [-0.4, -0.2) is 27.2 Å². The predicted molar refractivity (Wildman–Crippen MR) is 83.5 cm³/mol. The molecule has 0 saturated heterocycles. The molecule has 7 heteroatoms. The van der Waals surface area contributed by atoms with Gasteiger partial charge in [0.05, 0.1) is 17.1 Å². The minimum atomic E-state index is -0.152. The van der Waals surface area contributed by atoms with Crippen LogP contribution in [0.1, 0.15) is 44.9 Å². The van der Waals surface area contributed by atoms with Gasteiger partial charge in [-0.3, -0.25) is 4.79 Å². The van der Waals surface area contributed by atoms with Gasteiger partial charge in [-0.2, -0.15) is 0 Å². The van der Waals surface area contributed by atoms with Gasteiger partial charge >= 0.3 is 0 Å². The van der Waals surface area contributed by atoms with E-state index in [0.29, 0.717) is 11.4 Å². The Morgan fingerprint density at radius 2 is 2.29 bits per heavy atom. The summed E-state index contributed by atoms with van der Waals surface area (Å²) in [6.45, 7) is 4.26. The van der Waals surface area contributed by atoms with Crippen LogP contribution in [-0.2, 0) is 6.54 Å². The normalized spacial score (nSPS) is 10.3. The topological polar surface area (TPSA) is 75.1 Å². The van der Waals surface area contributed by atoms with E-state index >= 15 is 0 Å². The number of carbonyl (C=O) groups is 1. The minimum Gasteiger partial charge on any atom is -0.384 e. The molecule has 0 atom stereocenters. The summed E-state index contributed by atoms with van der Waals surface area (Å²) >= 11 is 2.61. The van der Waals surface area contributed by atoms with Crippen molar-refractivity contribution in [3.8, 4) is 11.8 Å². The Hall–Kier alpha value is -1.75. The fourth-order valence-electron chi connectivity index (χ4n) is 1.65. The monoisotopic (exact) mass is 321 g/mol. The lowest BCUT2D eigenvalue weighted by molar-refractivity contribution is 0.0954. The van der Waals surface area contributed by atoms with Crippen molar-refractivity contribution in [2.24, 2.45) is 0 Å². The van der Waals surface area contributed by atoms with Crippen molar-refractivity contribution in [2.45, 2.75) is 26.3 Å². The van der Waals surface area contributed by atoms with Crippen molar-refractivity contribution in [1.82, 2.24) is 14.9 Å². The zero-order valence-corrected chi connectivity index (χ0v) is 13.3. The summed E-state index contributed by atoms with van der Waals surface area (Å²) in [5.74, 6) is 5.47. The summed E-state index contributed by atoms with van der Waals surface area (Å²) in [6, 6.07) is 3.79. The number of aromatic nitrogens is 2. The molecule has 110 valence electrons. The average molecular weight is 321 g/mol. The standard InChI is InChI=1S/C14H15N3O2S2/c1-9(2)12-13(21-17-16-12)14(19)15-8-11-6-5-10(20-11)4-3-7-18/h5-6,9,18H,7-8H2,1-2H3,(H,15,19). The van der Waals surface area contributed by atoms with Crippen LogP contribution in [0.5, 0.6) is 0 Å². The SMILES string of the molecule is CC(C)c1nnsc1C(=O)NCc1ccc(C#CCO)s1. The number of hydrogen-bond acceptors (Lipinski definition) is 6. The fourth-order valence-corrected chi connectivity index (χ4v) is 3.20. The number of thiophene rings is 1. The molecule has 0 spiro atoms. The molecule has 0 bridgehead atoms. The zero-order valence-electron chi connectivity index (χ0n) is 11.7. The summed E-state index contributed by atoms with van der Waals surface area (Å²) in [5, 5.41) is 15.5. The molecule has 2 aromatic rings. The fraction of sp³-hybridized carbons (Fsp3) is 0.357. The van der Waals surface area contributed by atoms with Crippen molar-refractivity contribution >= 4 is 28.8 Å². The molecule has 0 aliphatic carbocycles. The van der Waals surface area contributed by atoms with E-state index in [1.54, 1.807) is 0 Å². The Balaban J connectivity index is 1.98. The van der Waals surface area contributed by atoms with Gasteiger partial charge in [0, 0.05) is 4.88 Å². The number of carbonyl (C=O) groups excluding carboxylic acids is 1. The Morgan fingerprint density at radius 1 is 1.48 bits per heavy atom. The summed E-state index contributed by atoms with van der Waals surface area (Å²) in [4.78, 5) is 14.6. The van der Waals surface area contributed by atoms with Gasteiger partial charge in [-0.15, -0.1) is 16.4 Å². The summed E-state index contributed by atoms with van der Waals surface area (Å²) in [5.41, 5.74) is 0.734. The molecule has 0 radical (unpaired) electrons. The maximum absolute atomic E-state index is 12.1. The van der Waals surface area contributed by atoms with Crippen LogP contribution in [0.25, 0.3) is 0 Å². The van der Waals surface area contributed by atoms with Gasteiger partial charge in [-0.05, 0) is 29.6 Å². The highest BCUT2D eigenvalue weighted by molar-refractivity contribution is 7.12. The van der Waals surface area contributed by atoms with Crippen molar-refractivity contribution in [1.29, 1.82) is 0 Å². The van der Waals surface area contributed by atoms with E-state index in [1.165, 1.54) is 11.3 Å². The Bertz CT molecular complexity index is 680. The maximum atomic E-state index is 12.1. The van der Waals surface area contributed by atoms with Gasteiger partial charge in [0.1, 0.15) is 11.5 Å². The predicted octanol–water partition coefficient (Wildman–Crippen LogP) is 2.00. The van der Waals surface area contributed by atoms with Crippen LogP contribution in [0.15, 0.2) is 12.1 Å². The van der Waals surface area contributed by atoms with Gasteiger partial charge in [0.2, 0.25) is 0 Å². The number of aliphatic hydroxyl groups is 1. The first-order valence-corrected chi connectivity index (χ1v) is 7.99. The van der Waals surface area contributed by atoms with Crippen molar-refractivity contribution in [2.75, 3.05) is 6.61 Å². The molecule has 0 saturated carbocycles. The number of aliphatic hydroxyl groups excluding tert-OH is 1. The molecule has 0 aromatic carbocycles.